The third-order valence-corrected chi connectivity index (χ3v) is 4.66. The largest absolute Gasteiger partial charge is 0.505 e. The molecule has 1 aliphatic carbocycles. The summed E-state index contributed by atoms with van der Waals surface area (Å²) in [6, 6.07) is 5.75. The number of benzene rings is 1. The summed E-state index contributed by atoms with van der Waals surface area (Å²) in [6.07, 6.45) is 4.43. The lowest BCUT2D eigenvalue weighted by Gasteiger charge is -2.08. The number of halogens is 1. The standard InChI is InChI=1S/C15H14FNO2S/c16-11-8-10(5-6-12(11)18)17-15(19)14-7-9-3-1-2-4-13(9)20-14/h5-8,18H,1-4H2,(H,17,19). The van der Waals surface area contributed by atoms with E-state index in [1.807, 2.05) is 6.07 Å². The van der Waals surface area contributed by atoms with Crippen molar-refractivity contribution in [1.29, 1.82) is 0 Å². The Kier molecular flexibility index (Phi) is 3.44. The molecule has 1 heterocycles. The Morgan fingerprint density at radius 2 is 2.05 bits per heavy atom. The number of carbonyl (C=O) groups excluding carboxylic acids is 1. The van der Waals surface area contributed by atoms with Crippen molar-refractivity contribution in [2.45, 2.75) is 25.7 Å². The molecule has 104 valence electrons. The maximum atomic E-state index is 13.2. The minimum absolute atomic E-state index is 0.227. The molecule has 0 saturated carbocycles. The molecule has 0 spiro atoms. The molecule has 2 aromatic rings. The number of carbonyl (C=O) groups is 1. The molecule has 0 radical (unpaired) electrons. The lowest BCUT2D eigenvalue weighted by atomic mass is 9.99. The molecule has 3 nitrogen and oxygen atoms in total. The second-order valence-corrected chi connectivity index (χ2v) is 6.02. The highest BCUT2D eigenvalue weighted by Gasteiger charge is 2.17. The fourth-order valence-electron chi connectivity index (χ4n) is 2.38. The molecule has 0 atom stereocenters. The van der Waals surface area contributed by atoms with Gasteiger partial charge in [-0.1, -0.05) is 0 Å². The summed E-state index contributed by atoms with van der Waals surface area (Å²) in [7, 11) is 0. The van der Waals surface area contributed by atoms with Crippen LogP contribution in [0, 0.1) is 5.82 Å². The highest BCUT2D eigenvalue weighted by molar-refractivity contribution is 7.14. The summed E-state index contributed by atoms with van der Waals surface area (Å²) in [5.74, 6) is -1.39. The van der Waals surface area contributed by atoms with Gasteiger partial charge in [0.05, 0.1) is 4.88 Å². The molecule has 0 fully saturated rings. The zero-order chi connectivity index (χ0) is 14.1. The average Bonchev–Trinajstić information content (AvgIpc) is 2.87. The molecule has 0 saturated heterocycles. The van der Waals surface area contributed by atoms with Crippen LogP contribution in [0.2, 0.25) is 0 Å². The maximum absolute atomic E-state index is 13.2. The Morgan fingerprint density at radius 3 is 2.80 bits per heavy atom. The van der Waals surface area contributed by atoms with E-state index in [2.05, 4.69) is 5.32 Å². The van der Waals surface area contributed by atoms with Gasteiger partial charge in [0.2, 0.25) is 0 Å². The zero-order valence-corrected chi connectivity index (χ0v) is 11.6. The first kappa shape index (κ1) is 13.1. The fraction of sp³-hybridized carbons (Fsp3) is 0.267. The SMILES string of the molecule is O=C(Nc1ccc(O)c(F)c1)c1cc2c(s1)CCCC2. The van der Waals surface area contributed by atoms with Gasteiger partial charge in [-0.05, 0) is 49.4 Å². The molecule has 1 aromatic heterocycles. The Hall–Kier alpha value is -1.88. The predicted octanol–water partition coefficient (Wildman–Crippen LogP) is 3.72. The molecule has 1 aliphatic rings. The second kappa shape index (κ2) is 5.25. The van der Waals surface area contributed by atoms with Crippen molar-refractivity contribution in [3.05, 3.63) is 45.4 Å². The van der Waals surface area contributed by atoms with Crippen LogP contribution in [0.5, 0.6) is 5.75 Å². The van der Waals surface area contributed by atoms with E-state index in [-0.39, 0.29) is 5.91 Å². The van der Waals surface area contributed by atoms with Crippen LogP contribution >= 0.6 is 11.3 Å². The summed E-state index contributed by atoms with van der Waals surface area (Å²) in [6.45, 7) is 0. The third-order valence-electron chi connectivity index (χ3n) is 3.43. The van der Waals surface area contributed by atoms with E-state index in [1.54, 1.807) is 0 Å². The number of anilines is 1. The van der Waals surface area contributed by atoms with Gasteiger partial charge in [0.15, 0.2) is 11.6 Å². The molecule has 2 N–H and O–H groups in total. The smallest absolute Gasteiger partial charge is 0.265 e. The van der Waals surface area contributed by atoms with E-state index >= 15 is 0 Å². The van der Waals surface area contributed by atoms with Crippen LogP contribution in [-0.4, -0.2) is 11.0 Å². The van der Waals surface area contributed by atoms with E-state index in [4.69, 9.17) is 5.11 Å². The number of fused-ring (bicyclic) bond motifs is 1. The first-order valence-electron chi connectivity index (χ1n) is 6.55. The quantitative estimate of drug-likeness (QED) is 0.828. The van der Waals surface area contributed by atoms with E-state index < -0.39 is 11.6 Å². The molecule has 1 aromatic carbocycles. The van der Waals surface area contributed by atoms with Crippen LogP contribution in [0.15, 0.2) is 24.3 Å². The number of phenolic OH excluding ortho intramolecular Hbond substituents is 1. The molecule has 0 unspecified atom stereocenters. The predicted molar refractivity (Wildman–Crippen MR) is 77.0 cm³/mol. The van der Waals surface area contributed by atoms with Crippen LogP contribution in [-0.2, 0) is 12.8 Å². The van der Waals surface area contributed by atoms with Gasteiger partial charge in [-0.25, -0.2) is 4.39 Å². The molecule has 0 bridgehead atoms. The number of hydrogen-bond acceptors (Lipinski definition) is 3. The van der Waals surface area contributed by atoms with Gasteiger partial charge in [-0.2, -0.15) is 0 Å². The number of amides is 1. The highest BCUT2D eigenvalue weighted by Crippen LogP contribution is 2.30. The van der Waals surface area contributed by atoms with E-state index in [9.17, 15) is 9.18 Å². The molecule has 20 heavy (non-hydrogen) atoms. The first-order chi connectivity index (χ1) is 9.63. The number of rotatable bonds is 2. The van der Waals surface area contributed by atoms with Crippen molar-refractivity contribution in [2.24, 2.45) is 0 Å². The normalized spacial score (nSPS) is 13.8. The van der Waals surface area contributed by atoms with Crippen molar-refractivity contribution in [2.75, 3.05) is 5.32 Å². The molecule has 5 heteroatoms. The van der Waals surface area contributed by atoms with Crippen LogP contribution < -0.4 is 5.32 Å². The molecule has 3 rings (SSSR count). The summed E-state index contributed by atoms with van der Waals surface area (Å²) < 4.78 is 13.2. The highest BCUT2D eigenvalue weighted by atomic mass is 32.1. The van der Waals surface area contributed by atoms with E-state index in [0.717, 1.165) is 18.9 Å². The van der Waals surface area contributed by atoms with Crippen molar-refractivity contribution in [1.82, 2.24) is 0 Å². The van der Waals surface area contributed by atoms with Gasteiger partial charge in [0.25, 0.3) is 5.91 Å². The van der Waals surface area contributed by atoms with Crippen molar-refractivity contribution < 1.29 is 14.3 Å². The van der Waals surface area contributed by atoms with Crippen LogP contribution in [0.1, 0.15) is 33.0 Å². The monoisotopic (exact) mass is 291 g/mol. The number of phenols is 1. The number of nitrogens with one attached hydrogen (secondary N) is 1. The van der Waals surface area contributed by atoms with Gasteiger partial charge in [-0.15, -0.1) is 11.3 Å². The summed E-state index contributed by atoms with van der Waals surface area (Å²) in [4.78, 5) is 14.1. The van der Waals surface area contributed by atoms with Gasteiger partial charge < -0.3 is 10.4 Å². The van der Waals surface area contributed by atoms with Gasteiger partial charge in [-0.3, -0.25) is 4.79 Å². The van der Waals surface area contributed by atoms with Crippen LogP contribution in [0.25, 0.3) is 0 Å². The topological polar surface area (TPSA) is 49.3 Å². The third kappa shape index (κ3) is 2.54. The van der Waals surface area contributed by atoms with Gasteiger partial charge >= 0.3 is 0 Å². The Morgan fingerprint density at radius 1 is 1.25 bits per heavy atom. The summed E-state index contributed by atoms with van der Waals surface area (Å²) in [5, 5.41) is 11.8. The Bertz CT molecular complexity index is 642. The molecular weight excluding hydrogens is 277 g/mol. The van der Waals surface area contributed by atoms with Crippen molar-refractivity contribution in [3.8, 4) is 5.75 Å². The van der Waals surface area contributed by atoms with Crippen molar-refractivity contribution >= 4 is 22.9 Å². The van der Waals surface area contributed by atoms with Gasteiger partial charge in [0.1, 0.15) is 0 Å². The second-order valence-electron chi connectivity index (χ2n) is 4.89. The van der Waals surface area contributed by atoms with Crippen LogP contribution in [0.3, 0.4) is 0 Å². The summed E-state index contributed by atoms with van der Waals surface area (Å²) >= 11 is 1.51. The zero-order valence-electron chi connectivity index (χ0n) is 10.8. The first-order valence-corrected chi connectivity index (χ1v) is 7.36. The fourth-order valence-corrected chi connectivity index (χ4v) is 3.53. The minimum atomic E-state index is -0.742. The Labute approximate surface area is 120 Å². The lowest BCUT2D eigenvalue weighted by Crippen LogP contribution is -2.10. The molecule has 1 amide bonds. The van der Waals surface area contributed by atoms with Crippen molar-refractivity contribution in [3.63, 3.8) is 0 Å². The lowest BCUT2D eigenvalue weighted by molar-refractivity contribution is 0.103. The van der Waals surface area contributed by atoms with Gasteiger partial charge in [0, 0.05) is 16.6 Å². The van der Waals surface area contributed by atoms with E-state index in [0.29, 0.717) is 10.6 Å². The average molecular weight is 291 g/mol. The van der Waals surface area contributed by atoms with E-state index in [1.165, 1.54) is 46.8 Å². The maximum Gasteiger partial charge on any atom is 0.265 e. The number of thiophene rings is 1. The molecule has 0 aliphatic heterocycles. The number of aryl methyl sites for hydroxylation is 2. The Balaban J connectivity index is 1.78. The number of hydrogen-bond donors (Lipinski definition) is 2. The summed E-state index contributed by atoms with van der Waals surface area (Å²) in [5.41, 5.74) is 1.61. The van der Waals surface area contributed by atoms with Crippen LogP contribution in [0.4, 0.5) is 10.1 Å². The minimum Gasteiger partial charge on any atom is -0.505 e. The number of aromatic hydroxyl groups is 1. The molecular formula is C15H14FNO2S.